The van der Waals surface area contributed by atoms with Crippen LogP contribution in [-0.2, 0) is 0 Å². The van der Waals surface area contributed by atoms with Crippen LogP contribution in [0.3, 0.4) is 0 Å². The van der Waals surface area contributed by atoms with E-state index >= 15 is 0 Å². The fourth-order valence-corrected chi connectivity index (χ4v) is 4.01. The fourth-order valence-electron chi connectivity index (χ4n) is 2.21. The zero-order valence-electron chi connectivity index (χ0n) is 12.3. The number of hydrogen-bond acceptors (Lipinski definition) is 2. The Morgan fingerprint density at radius 2 is 1.89 bits per heavy atom. The molecular weight excluding hydrogens is 318 g/mol. The zero-order chi connectivity index (χ0) is 14.1. The second-order valence-corrected chi connectivity index (χ2v) is 6.98. The summed E-state index contributed by atoms with van der Waals surface area (Å²) in [5.74, 6) is 0. The van der Waals surface area contributed by atoms with Gasteiger partial charge in [0.1, 0.15) is 0 Å². The molecule has 19 heavy (non-hydrogen) atoms. The van der Waals surface area contributed by atoms with E-state index in [1.54, 1.807) is 0 Å². The summed E-state index contributed by atoms with van der Waals surface area (Å²) in [6.45, 7) is 7.93. The van der Waals surface area contributed by atoms with Crippen molar-refractivity contribution in [3.8, 4) is 0 Å². The van der Waals surface area contributed by atoms with Gasteiger partial charge < -0.3 is 5.32 Å². The topological polar surface area (TPSA) is 12.0 Å². The summed E-state index contributed by atoms with van der Waals surface area (Å²) in [5.41, 5.74) is 0. The van der Waals surface area contributed by atoms with Gasteiger partial charge in [-0.15, -0.1) is 11.8 Å². The van der Waals surface area contributed by atoms with Gasteiger partial charge in [0.2, 0.25) is 0 Å². The normalized spacial score (nSPS) is 14.3. The maximum Gasteiger partial charge on any atom is 0.0311 e. The lowest BCUT2D eigenvalue weighted by Gasteiger charge is -2.27. The van der Waals surface area contributed by atoms with Crippen LogP contribution in [0.4, 0.5) is 0 Å². The van der Waals surface area contributed by atoms with Crippen LogP contribution in [0.15, 0.2) is 33.6 Å². The molecule has 0 aromatic heterocycles. The summed E-state index contributed by atoms with van der Waals surface area (Å²) in [6.07, 6.45) is 4.91. The summed E-state index contributed by atoms with van der Waals surface area (Å²) < 4.78 is 1.21. The largest absolute Gasteiger partial charge is 0.313 e. The highest BCUT2D eigenvalue weighted by atomic mass is 79.9. The Kier molecular flexibility index (Phi) is 8.84. The molecule has 0 saturated carbocycles. The molecule has 3 heteroatoms. The molecule has 2 atom stereocenters. The van der Waals surface area contributed by atoms with Crippen LogP contribution < -0.4 is 5.32 Å². The third-order valence-electron chi connectivity index (χ3n) is 3.22. The van der Waals surface area contributed by atoms with E-state index in [2.05, 4.69) is 66.3 Å². The first-order valence-corrected chi connectivity index (χ1v) is 9.04. The van der Waals surface area contributed by atoms with Crippen molar-refractivity contribution in [1.82, 2.24) is 5.32 Å². The number of benzene rings is 1. The Hall–Kier alpha value is 0.01000. The summed E-state index contributed by atoms with van der Waals surface area (Å²) in [6, 6.07) is 9.15. The van der Waals surface area contributed by atoms with Crippen molar-refractivity contribution in [2.24, 2.45) is 0 Å². The summed E-state index contributed by atoms with van der Waals surface area (Å²) >= 11 is 5.66. The molecule has 0 aliphatic carbocycles. The molecule has 0 fully saturated rings. The van der Waals surface area contributed by atoms with Crippen LogP contribution >= 0.6 is 27.7 Å². The van der Waals surface area contributed by atoms with Crippen molar-refractivity contribution in [2.45, 2.75) is 62.6 Å². The van der Waals surface area contributed by atoms with Crippen LogP contribution in [0.25, 0.3) is 0 Å². The smallest absolute Gasteiger partial charge is 0.0311 e. The average molecular weight is 344 g/mol. The Bertz CT molecular complexity index is 356. The fraction of sp³-hybridized carbons (Fsp3) is 0.625. The Balaban J connectivity index is 2.70. The lowest BCUT2D eigenvalue weighted by molar-refractivity contribution is 0.454. The predicted octanol–water partition coefficient (Wildman–Crippen LogP) is 5.49. The number of thioether (sulfide) groups is 1. The molecule has 2 unspecified atom stereocenters. The summed E-state index contributed by atoms with van der Waals surface area (Å²) in [4.78, 5) is 1.36. The van der Waals surface area contributed by atoms with Gasteiger partial charge in [0, 0.05) is 20.7 Å². The molecule has 1 aromatic rings. The third kappa shape index (κ3) is 5.88. The van der Waals surface area contributed by atoms with E-state index < -0.39 is 0 Å². The minimum Gasteiger partial charge on any atom is -0.313 e. The molecule has 0 heterocycles. The Morgan fingerprint density at radius 3 is 2.47 bits per heavy atom. The highest BCUT2D eigenvalue weighted by Gasteiger charge is 2.20. The molecule has 0 radical (unpaired) electrons. The standard InChI is InChI=1S/C16H26BrNS/c1-4-9-14(18-12-5-2)15(6-3)19-16-11-8-7-10-13(16)17/h7-8,10-11,14-15,18H,4-6,9,12H2,1-3H3. The molecule has 1 nitrogen and oxygen atoms in total. The first-order valence-electron chi connectivity index (χ1n) is 7.37. The van der Waals surface area contributed by atoms with Gasteiger partial charge >= 0.3 is 0 Å². The van der Waals surface area contributed by atoms with Gasteiger partial charge in [-0.2, -0.15) is 0 Å². The van der Waals surface area contributed by atoms with Gasteiger partial charge in [0.25, 0.3) is 0 Å². The minimum absolute atomic E-state index is 0.618. The summed E-state index contributed by atoms with van der Waals surface area (Å²) in [5, 5.41) is 4.37. The Morgan fingerprint density at radius 1 is 1.16 bits per heavy atom. The predicted molar refractivity (Wildman–Crippen MR) is 91.1 cm³/mol. The van der Waals surface area contributed by atoms with E-state index in [-0.39, 0.29) is 0 Å². The average Bonchev–Trinajstić information content (AvgIpc) is 2.43. The zero-order valence-corrected chi connectivity index (χ0v) is 14.7. The lowest BCUT2D eigenvalue weighted by atomic mass is 10.1. The monoisotopic (exact) mass is 343 g/mol. The number of nitrogens with one attached hydrogen (secondary N) is 1. The molecule has 1 aromatic carbocycles. The second kappa shape index (κ2) is 9.84. The molecule has 108 valence electrons. The highest BCUT2D eigenvalue weighted by Crippen LogP contribution is 2.34. The van der Waals surface area contributed by atoms with E-state index in [4.69, 9.17) is 0 Å². The van der Waals surface area contributed by atoms with E-state index in [9.17, 15) is 0 Å². The van der Waals surface area contributed by atoms with Crippen molar-refractivity contribution in [3.63, 3.8) is 0 Å². The van der Waals surface area contributed by atoms with Crippen LogP contribution in [0.1, 0.15) is 46.5 Å². The van der Waals surface area contributed by atoms with Crippen molar-refractivity contribution < 1.29 is 0 Å². The van der Waals surface area contributed by atoms with Crippen molar-refractivity contribution in [1.29, 1.82) is 0 Å². The molecule has 0 amide bonds. The summed E-state index contributed by atoms with van der Waals surface area (Å²) in [7, 11) is 0. The SMILES string of the molecule is CCCNC(CCC)C(CC)Sc1ccccc1Br. The minimum atomic E-state index is 0.618. The van der Waals surface area contributed by atoms with E-state index in [1.165, 1.54) is 35.1 Å². The second-order valence-electron chi connectivity index (χ2n) is 4.84. The van der Waals surface area contributed by atoms with Crippen LogP contribution in [0, 0.1) is 0 Å². The Labute approximate surface area is 131 Å². The van der Waals surface area contributed by atoms with Gasteiger partial charge in [0.05, 0.1) is 0 Å². The maximum atomic E-state index is 3.72. The van der Waals surface area contributed by atoms with Crippen LogP contribution in [0.5, 0.6) is 0 Å². The van der Waals surface area contributed by atoms with E-state index in [0.717, 1.165) is 6.54 Å². The van der Waals surface area contributed by atoms with Crippen LogP contribution in [-0.4, -0.2) is 17.8 Å². The van der Waals surface area contributed by atoms with Crippen LogP contribution in [0.2, 0.25) is 0 Å². The van der Waals surface area contributed by atoms with Gasteiger partial charge in [-0.25, -0.2) is 0 Å². The molecular formula is C16H26BrNS. The van der Waals surface area contributed by atoms with Gasteiger partial charge in [-0.3, -0.25) is 0 Å². The van der Waals surface area contributed by atoms with Gasteiger partial charge in [-0.1, -0.05) is 39.3 Å². The number of rotatable bonds is 9. The molecule has 1 rings (SSSR count). The number of hydrogen-bond donors (Lipinski definition) is 1. The van der Waals surface area contributed by atoms with Crippen molar-refractivity contribution >= 4 is 27.7 Å². The molecule has 0 saturated heterocycles. The van der Waals surface area contributed by atoms with Crippen molar-refractivity contribution in [2.75, 3.05) is 6.54 Å². The first kappa shape index (κ1) is 17.1. The quantitative estimate of drug-likeness (QED) is 0.595. The number of halogens is 1. The maximum absolute atomic E-state index is 3.72. The molecule has 1 N–H and O–H groups in total. The lowest BCUT2D eigenvalue weighted by Crippen LogP contribution is -2.38. The van der Waals surface area contributed by atoms with E-state index in [1.807, 2.05) is 11.8 Å². The van der Waals surface area contributed by atoms with Crippen molar-refractivity contribution in [3.05, 3.63) is 28.7 Å². The molecule has 0 aliphatic heterocycles. The molecule has 0 aliphatic rings. The molecule has 0 spiro atoms. The third-order valence-corrected chi connectivity index (χ3v) is 5.75. The van der Waals surface area contributed by atoms with Gasteiger partial charge in [0.15, 0.2) is 0 Å². The molecule has 0 bridgehead atoms. The van der Waals surface area contributed by atoms with Gasteiger partial charge in [-0.05, 0) is 53.9 Å². The first-order chi connectivity index (χ1) is 9.22. The highest BCUT2D eigenvalue weighted by molar-refractivity contribution is 9.10. The van der Waals surface area contributed by atoms with E-state index in [0.29, 0.717) is 11.3 Å².